The molecule has 0 saturated heterocycles. The molecule has 4 nitrogen and oxygen atoms in total. The largest absolute Gasteiger partial charge is 0.414 e. The summed E-state index contributed by atoms with van der Waals surface area (Å²) in [5.74, 6) is -2.68. The summed E-state index contributed by atoms with van der Waals surface area (Å²) in [6.07, 6.45) is 1.28. The van der Waals surface area contributed by atoms with Gasteiger partial charge in [0.05, 0.1) is 0 Å². The molecule has 0 N–H and O–H groups in total. The number of carbonyl (C=O) groups excluding carboxylic acids is 2. The van der Waals surface area contributed by atoms with Crippen molar-refractivity contribution in [2.45, 2.75) is 19.6 Å². The van der Waals surface area contributed by atoms with Gasteiger partial charge in [0, 0.05) is 19.4 Å². The van der Waals surface area contributed by atoms with Crippen molar-refractivity contribution in [1.29, 1.82) is 0 Å². The first-order chi connectivity index (χ1) is 8.00. The molecule has 0 aliphatic carbocycles. The molecule has 0 atom stereocenters. The number of rotatable bonds is 4. The second kappa shape index (κ2) is 5.30. The van der Waals surface area contributed by atoms with E-state index in [2.05, 4.69) is 6.58 Å². The smallest absolute Gasteiger partial charge is 0.306 e. The molecule has 1 aromatic rings. The Morgan fingerprint density at radius 1 is 1.12 bits per heavy atom. The highest BCUT2D eigenvalue weighted by molar-refractivity contribution is 5.69. The van der Waals surface area contributed by atoms with Crippen LogP contribution in [0.2, 0.25) is 0 Å². The van der Waals surface area contributed by atoms with Gasteiger partial charge in [0.25, 0.3) is 0 Å². The Labute approximate surface area is 99.8 Å². The Morgan fingerprint density at radius 2 is 1.59 bits per heavy atom. The van der Waals surface area contributed by atoms with Gasteiger partial charge in [-0.1, -0.05) is 36.9 Å². The van der Waals surface area contributed by atoms with E-state index in [0.29, 0.717) is 5.56 Å². The number of esters is 2. The number of ether oxygens (including phenoxy) is 2. The first-order valence-corrected chi connectivity index (χ1v) is 5.08. The van der Waals surface area contributed by atoms with Gasteiger partial charge in [-0.05, 0) is 6.08 Å². The predicted molar refractivity (Wildman–Crippen MR) is 61.8 cm³/mol. The SMILES string of the molecule is C=CC(OC(C)=O)(OC(C)=O)c1ccccc1. The van der Waals surface area contributed by atoms with Crippen LogP contribution < -0.4 is 0 Å². The van der Waals surface area contributed by atoms with Crippen molar-refractivity contribution in [3.63, 3.8) is 0 Å². The van der Waals surface area contributed by atoms with Gasteiger partial charge in [0.15, 0.2) is 0 Å². The molecule has 4 heteroatoms. The Hall–Kier alpha value is -2.10. The summed E-state index contributed by atoms with van der Waals surface area (Å²) in [7, 11) is 0. The summed E-state index contributed by atoms with van der Waals surface area (Å²) in [4.78, 5) is 22.2. The third kappa shape index (κ3) is 3.17. The second-order valence-corrected chi connectivity index (χ2v) is 3.42. The lowest BCUT2D eigenvalue weighted by Gasteiger charge is -2.29. The van der Waals surface area contributed by atoms with Crippen LogP contribution in [0, 0.1) is 0 Å². The topological polar surface area (TPSA) is 52.6 Å². The minimum absolute atomic E-state index is 0.528. The van der Waals surface area contributed by atoms with Crippen molar-refractivity contribution in [1.82, 2.24) is 0 Å². The molecular weight excluding hydrogens is 220 g/mol. The second-order valence-electron chi connectivity index (χ2n) is 3.42. The zero-order valence-electron chi connectivity index (χ0n) is 9.80. The zero-order valence-corrected chi connectivity index (χ0v) is 9.80. The first kappa shape index (κ1) is 13.0. The number of benzene rings is 1. The summed E-state index contributed by atoms with van der Waals surface area (Å²) in [6, 6.07) is 8.68. The van der Waals surface area contributed by atoms with Crippen LogP contribution in [0.4, 0.5) is 0 Å². The Morgan fingerprint density at radius 3 is 1.94 bits per heavy atom. The van der Waals surface area contributed by atoms with E-state index in [9.17, 15) is 9.59 Å². The van der Waals surface area contributed by atoms with Crippen LogP contribution >= 0.6 is 0 Å². The number of hydrogen-bond acceptors (Lipinski definition) is 4. The van der Waals surface area contributed by atoms with Crippen molar-refractivity contribution >= 4 is 11.9 Å². The Bertz CT molecular complexity index is 406. The van der Waals surface area contributed by atoms with Crippen molar-refractivity contribution in [3.8, 4) is 0 Å². The molecule has 0 fully saturated rings. The molecule has 0 unspecified atom stereocenters. The highest BCUT2D eigenvalue weighted by Crippen LogP contribution is 2.29. The summed E-state index contributed by atoms with van der Waals surface area (Å²) >= 11 is 0. The van der Waals surface area contributed by atoms with Crippen molar-refractivity contribution < 1.29 is 19.1 Å². The molecule has 17 heavy (non-hydrogen) atoms. The average Bonchev–Trinajstić information content (AvgIpc) is 2.28. The van der Waals surface area contributed by atoms with Gasteiger partial charge in [0.2, 0.25) is 0 Å². The van der Waals surface area contributed by atoms with Crippen LogP contribution in [-0.2, 0) is 24.8 Å². The lowest BCUT2D eigenvalue weighted by molar-refractivity contribution is -0.213. The summed E-state index contributed by atoms with van der Waals surface area (Å²) in [6.45, 7) is 6.04. The predicted octanol–water partition coefficient (Wildman–Crippen LogP) is 2.15. The maximum atomic E-state index is 11.1. The number of hydrogen-bond donors (Lipinski definition) is 0. The minimum Gasteiger partial charge on any atom is -0.414 e. The van der Waals surface area contributed by atoms with Gasteiger partial charge in [-0.3, -0.25) is 9.59 Å². The minimum atomic E-state index is -1.56. The third-order valence-corrected chi connectivity index (χ3v) is 2.04. The van der Waals surface area contributed by atoms with Gasteiger partial charge >= 0.3 is 17.7 Å². The molecule has 0 saturated carbocycles. The molecule has 0 aliphatic rings. The van der Waals surface area contributed by atoms with E-state index in [-0.39, 0.29) is 0 Å². The molecule has 0 amide bonds. The van der Waals surface area contributed by atoms with Crippen LogP contribution in [0.1, 0.15) is 19.4 Å². The highest BCUT2D eigenvalue weighted by atomic mass is 16.7. The van der Waals surface area contributed by atoms with Crippen molar-refractivity contribution in [2.75, 3.05) is 0 Å². The molecule has 1 rings (SSSR count). The lowest BCUT2D eigenvalue weighted by atomic mass is 10.1. The molecule has 0 radical (unpaired) electrons. The van der Waals surface area contributed by atoms with E-state index in [1.807, 2.05) is 0 Å². The monoisotopic (exact) mass is 234 g/mol. The van der Waals surface area contributed by atoms with Crippen LogP contribution in [0.3, 0.4) is 0 Å². The quantitative estimate of drug-likeness (QED) is 0.455. The normalized spacial score (nSPS) is 10.5. The van der Waals surface area contributed by atoms with E-state index in [1.165, 1.54) is 19.9 Å². The molecule has 0 aromatic heterocycles. The van der Waals surface area contributed by atoms with Crippen LogP contribution in [0.5, 0.6) is 0 Å². The Balaban J connectivity index is 3.20. The molecule has 1 aromatic carbocycles. The van der Waals surface area contributed by atoms with E-state index >= 15 is 0 Å². The molecular formula is C13H14O4. The fourth-order valence-electron chi connectivity index (χ4n) is 1.44. The summed E-state index contributed by atoms with van der Waals surface area (Å²) < 4.78 is 10.2. The first-order valence-electron chi connectivity index (χ1n) is 5.08. The van der Waals surface area contributed by atoms with E-state index in [4.69, 9.17) is 9.47 Å². The molecule has 0 aliphatic heterocycles. The molecule has 0 bridgehead atoms. The maximum absolute atomic E-state index is 11.1. The van der Waals surface area contributed by atoms with Gasteiger partial charge in [-0.25, -0.2) is 0 Å². The average molecular weight is 234 g/mol. The van der Waals surface area contributed by atoms with Crippen LogP contribution in [0.15, 0.2) is 43.0 Å². The van der Waals surface area contributed by atoms with Gasteiger partial charge in [0.1, 0.15) is 0 Å². The zero-order chi connectivity index (χ0) is 12.9. The van der Waals surface area contributed by atoms with E-state index < -0.39 is 17.7 Å². The highest BCUT2D eigenvalue weighted by Gasteiger charge is 2.35. The van der Waals surface area contributed by atoms with Gasteiger partial charge in [-0.2, -0.15) is 0 Å². The van der Waals surface area contributed by atoms with Crippen molar-refractivity contribution in [3.05, 3.63) is 48.6 Å². The van der Waals surface area contributed by atoms with Gasteiger partial charge < -0.3 is 9.47 Å². The van der Waals surface area contributed by atoms with Crippen molar-refractivity contribution in [2.24, 2.45) is 0 Å². The van der Waals surface area contributed by atoms with Crippen LogP contribution in [-0.4, -0.2) is 11.9 Å². The molecule has 0 spiro atoms. The lowest BCUT2D eigenvalue weighted by Crippen LogP contribution is -2.34. The van der Waals surface area contributed by atoms with Crippen LogP contribution in [0.25, 0.3) is 0 Å². The number of carbonyl (C=O) groups is 2. The fourth-order valence-corrected chi connectivity index (χ4v) is 1.44. The van der Waals surface area contributed by atoms with Gasteiger partial charge in [-0.15, -0.1) is 0 Å². The molecule has 90 valence electrons. The Kier molecular flexibility index (Phi) is 4.04. The maximum Gasteiger partial charge on any atom is 0.306 e. The fraction of sp³-hybridized carbons (Fsp3) is 0.231. The molecule has 0 heterocycles. The van der Waals surface area contributed by atoms with E-state index in [0.717, 1.165) is 0 Å². The summed E-state index contributed by atoms with van der Waals surface area (Å²) in [5.41, 5.74) is 0.528. The third-order valence-electron chi connectivity index (χ3n) is 2.04. The van der Waals surface area contributed by atoms with E-state index in [1.54, 1.807) is 30.3 Å². The summed E-state index contributed by atoms with van der Waals surface area (Å²) in [5, 5.41) is 0. The standard InChI is InChI=1S/C13H14O4/c1-4-13(16-10(2)14,17-11(3)15)12-8-6-5-7-9-12/h4-9H,1H2,2-3H3.